The first-order chi connectivity index (χ1) is 8.06. The van der Waals surface area contributed by atoms with Gasteiger partial charge in [-0.1, -0.05) is 19.8 Å². The molecule has 0 bridgehead atoms. The lowest BCUT2D eigenvalue weighted by molar-refractivity contribution is 0.0791. The van der Waals surface area contributed by atoms with Crippen molar-refractivity contribution in [1.29, 1.82) is 0 Å². The third-order valence-corrected chi connectivity index (χ3v) is 3.59. The van der Waals surface area contributed by atoms with Gasteiger partial charge in [0.1, 0.15) is 0 Å². The van der Waals surface area contributed by atoms with E-state index in [1.807, 2.05) is 19.2 Å². The molecule has 0 heterocycles. The summed E-state index contributed by atoms with van der Waals surface area (Å²) in [6, 6.07) is 5.52. The first kappa shape index (κ1) is 14.6. The largest absolute Gasteiger partial charge is 0.342 e. The molecule has 0 fully saturated rings. The zero-order chi connectivity index (χ0) is 12.8. The van der Waals surface area contributed by atoms with Crippen LogP contribution in [0.1, 0.15) is 36.5 Å². The zero-order valence-electron chi connectivity index (χ0n) is 10.2. The summed E-state index contributed by atoms with van der Waals surface area (Å²) in [6.45, 7) is 2.96. The third kappa shape index (κ3) is 4.36. The van der Waals surface area contributed by atoms with Gasteiger partial charge in [-0.3, -0.25) is 4.79 Å². The lowest BCUT2D eigenvalue weighted by Gasteiger charge is -2.18. The van der Waals surface area contributed by atoms with E-state index in [2.05, 4.69) is 35.5 Å². The van der Waals surface area contributed by atoms with Gasteiger partial charge in [0.25, 0.3) is 5.91 Å². The summed E-state index contributed by atoms with van der Waals surface area (Å²) in [5.74, 6) is 0.0453. The highest BCUT2D eigenvalue weighted by atomic mass is 79.9. The molecule has 0 saturated heterocycles. The smallest absolute Gasteiger partial charge is 0.254 e. The van der Waals surface area contributed by atoms with E-state index in [-0.39, 0.29) is 5.91 Å². The maximum Gasteiger partial charge on any atom is 0.254 e. The molecule has 2 nitrogen and oxygen atoms in total. The SMILES string of the molecule is CCCCCN(C)C(=O)c1cc(S)ccc1Br. The molecule has 0 aromatic heterocycles. The maximum absolute atomic E-state index is 12.2. The Bertz CT molecular complexity index is 395. The average Bonchev–Trinajstić information content (AvgIpc) is 2.31. The van der Waals surface area contributed by atoms with E-state index >= 15 is 0 Å². The Kier molecular flexibility index (Phi) is 6.06. The van der Waals surface area contributed by atoms with Gasteiger partial charge in [-0.05, 0) is 40.5 Å². The summed E-state index contributed by atoms with van der Waals surface area (Å²) in [5, 5.41) is 0. The highest BCUT2D eigenvalue weighted by Gasteiger charge is 2.14. The van der Waals surface area contributed by atoms with E-state index < -0.39 is 0 Å². The van der Waals surface area contributed by atoms with Crippen molar-refractivity contribution in [1.82, 2.24) is 4.90 Å². The fraction of sp³-hybridized carbons (Fsp3) is 0.462. The van der Waals surface area contributed by atoms with Crippen LogP contribution in [-0.4, -0.2) is 24.4 Å². The van der Waals surface area contributed by atoms with Crippen LogP contribution in [0.15, 0.2) is 27.6 Å². The summed E-state index contributed by atoms with van der Waals surface area (Å²) < 4.78 is 0.822. The molecule has 0 aliphatic heterocycles. The van der Waals surface area contributed by atoms with Crippen molar-refractivity contribution in [2.75, 3.05) is 13.6 Å². The lowest BCUT2D eigenvalue weighted by atomic mass is 10.2. The monoisotopic (exact) mass is 315 g/mol. The second kappa shape index (κ2) is 7.07. The molecule has 1 aromatic carbocycles. The molecule has 0 N–H and O–H groups in total. The number of hydrogen-bond acceptors (Lipinski definition) is 2. The van der Waals surface area contributed by atoms with Crippen LogP contribution in [0, 0.1) is 0 Å². The van der Waals surface area contributed by atoms with E-state index in [9.17, 15) is 4.79 Å². The molecule has 0 saturated carbocycles. The Hall–Kier alpha value is -0.480. The van der Waals surface area contributed by atoms with Crippen LogP contribution >= 0.6 is 28.6 Å². The second-order valence-electron chi connectivity index (χ2n) is 4.10. The lowest BCUT2D eigenvalue weighted by Crippen LogP contribution is -2.28. The van der Waals surface area contributed by atoms with E-state index in [4.69, 9.17) is 0 Å². The van der Waals surface area contributed by atoms with Gasteiger partial charge in [0.05, 0.1) is 5.56 Å². The number of benzene rings is 1. The molecule has 94 valence electrons. The van der Waals surface area contributed by atoms with Gasteiger partial charge in [0.2, 0.25) is 0 Å². The third-order valence-electron chi connectivity index (χ3n) is 2.62. The molecule has 0 aliphatic carbocycles. The van der Waals surface area contributed by atoms with Gasteiger partial charge < -0.3 is 4.90 Å². The number of amides is 1. The highest BCUT2D eigenvalue weighted by molar-refractivity contribution is 9.10. The molecule has 0 spiro atoms. The molecule has 0 unspecified atom stereocenters. The van der Waals surface area contributed by atoms with Crippen LogP contribution in [0.25, 0.3) is 0 Å². The van der Waals surface area contributed by atoms with E-state index in [1.54, 1.807) is 11.0 Å². The van der Waals surface area contributed by atoms with Crippen LogP contribution in [0.5, 0.6) is 0 Å². The standard InChI is InChI=1S/C13H18BrNOS/c1-3-4-5-8-15(2)13(16)11-9-10(17)6-7-12(11)14/h6-7,9,17H,3-5,8H2,1-2H3. The van der Waals surface area contributed by atoms with Gasteiger partial charge >= 0.3 is 0 Å². The summed E-state index contributed by atoms with van der Waals surface area (Å²) in [4.78, 5) is 14.7. The predicted octanol–water partition coefficient (Wildman–Crippen LogP) is 4.00. The highest BCUT2D eigenvalue weighted by Crippen LogP contribution is 2.21. The molecular formula is C13H18BrNOS. The minimum absolute atomic E-state index is 0.0453. The molecule has 1 amide bonds. The van der Waals surface area contributed by atoms with Crippen molar-refractivity contribution < 1.29 is 4.79 Å². The number of carbonyl (C=O) groups excluding carboxylic acids is 1. The normalized spacial score (nSPS) is 10.4. The molecule has 0 atom stereocenters. The predicted molar refractivity (Wildman–Crippen MR) is 77.9 cm³/mol. The van der Waals surface area contributed by atoms with Gasteiger partial charge in [-0.15, -0.1) is 12.6 Å². The van der Waals surface area contributed by atoms with Gasteiger partial charge in [0.15, 0.2) is 0 Å². The van der Waals surface area contributed by atoms with Crippen molar-refractivity contribution in [3.63, 3.8) is 0 Å². The number of rotatable bonds is 5. The average molecular weight is 316 g/mol. The molecular weight excluding hydrogens is 298 g/mol. The first-order valence-corrected chi connectivity index (χ1v) is 7.04. The van der Waals surface area contributed by atoms with Gasteiger partial charge in [-0.2, -0.15) is 0 Å². The fourth-order valence-electron chi connectivity index (χ4n) is 1.58. The summed E-state index contributed by atoms with van der Waals surface area (Å²) in [5.41, 5.74) is 0.677. The number of thiol groups is 1. The molecule has 1 rings (SSSR count). The number of hydrogen-bond donors (Lipinski definition) is 1. The quantitative estimate of drug-likeness (QED) is 0.643. The Morgan fingerprint density at radius 1 is 1.41 bits per heavy atom. The van der Waals surface area contributed by atoms with Crippen molar-refractivity contribution in [2.24, 2.45) is 0 Å². The summed E-state index contributed by atoms with van der Waals surface area (Å²) in [7, 11) is 1.84. The molecule has 17 heavy (non-hydrogen) atoms. The Balaban J connectivity index is 2.71. The minimum atomic E-state index is 0.0453. The second-order valence-corrected chi connectivity index (χ2v) is 5.47. The van der Waals surface area contributed by atoms with E-state index in [0.29, 0.717) is 5.56 Å². The number of unbranched alkanes of at least 4 members (excludes halogenated alkanes) is 2. The Labute approximate surface area is 117 Å². The van der Waals surface area contributed by atoms with Crippen LogP contribution < -0.4 is 0 Å². The van der Waals surface area contributed by atoms with Crippen LogP contribution in [0.4, 0.5) is 0 Å². The molecule has 4 heteroatoms. The molecule has 0 aliphatic rings. The van der Waals surface area contributed by atoms with E-state index in [0.717, 1.165) is 35.2 Å². The van der Waals surface area contributed by atoms with Crippen LogP contribution in [0.2, 0.25) is 0 Å². The van der Waals surface area contributed by atoms with Crippen LogP contribution in [0.3, 0.4) is 0 Å². The molecule has 1 aromatic rings. The van der Waals surface area contributed by atoms with Gasteiger partial charge in [0, 0.05) is 23.0 Å². The van der Waals surface area contributed by atoms with Crippen LogP contribution in [-0.2, 0) is 0 Å². The topological polar surface area (TPSA) is 20.3 Å². The van der Waals surface area contributed by atoms with Crippen molar-refractivity contribution in [3.05, 3.63) is 28.2 Å². The van der Waals surface area contributed by atoms with Crippen molar-refractivity contribution in [3.8, 4) is 0 Å². The maximum atomic E-state index is 12.2. The minimum Gasteiger partial charge on any atom is -0.342 e. The zero-order valence-corrected chi connectivity index (χ0v) is 12.7. The van der Waals surface area contributed by atoms with E-state index in [1.165, 1.54) is 0 Å². The number of carbonyl (C=O) groups is 1. The number of halogens is 1. The summed E-state index contributed by atoms with van der Waals surface area (Å²) >= 11 is 7.66. The number of nitrogens with zero attached hydrogens (tertiary/aromatic N) is 1. The molecule has 0 radical (unpaired) electrons. The Morgan fingerprint density at radius 3 is 2.76 bits per heavy atom. The fourth-order valence-corrected chi connectivity index (χ4v) is 2.20. The summed E-state index contributed by atoms with van der Waals surface area (Å²) in [6.07, 6.45) is 3.38. The Morgan fingerprint density at radius 2 is 2.12 bits per heavy atom. The first-order valence-electron chi connectivity index (χ1n) is 5.80. The van der Waals surface area contributed by atoms with Crippen molar-refractivity contribution >= 4 is 34.5 Å². The van der Waals surface area contributed by atoms with Gasteiger partial charge in [-0.25, -0.2) is 0 Å². The van der Waals surface area contributed by atoms with Crippen molar-refractivity contribution in [2.45, 2.75) is 31.1 Å².